The molecule has 1 aliphatic heterocycles. The normalized spacial score (nSPS) is 15.7. The van der Waals surface area contributed by atoms with Gasteiger partial charge in [0.05, 0.1) is 0 Å². The highest BCUT2D eigenvalue weighted by Crippen LogP contribution is 2.22. The lowest BCUT2D eigenvalue weighted by molar-refractivity contribution is -0.157. The van der Waals surface area contributed by atoms with E-state index in [1.807, 2.05) is 42.5 Å². The number of esters is 1. The summed E-state index contributed by atoms with van der Waals surface area (Å²) >= 11 is 0. The van der Waals surface area contributed by atoms with Crippen LogP contribution in [-0.2, 0) is 20.9 Å². The molecule has 2 heterocycles. The Balaban J connectivity index is 1.32. The number of alkyl carbamates (subject to hydrolysis) is 1. The number of aromatic nitrogens is 2. The quantitative estimate of drug-likeness (QED) is 0.308. The molecule has 1 fully saturated rings. The maximum atomic E-state index is 13.0. The number of ether oxygens (including phenoxy) is 2. The number of benzene rings is 2. The minimum absolute atomic E-state index is 0.0419. The maximum absolute atomic E-state index is 13.0. The zero-order valence-electron chi connectivity index (χ0n) is 24.2. The van der Waals surface area contributed by atoms with Crippen molar-refractivity contribution in [1.82, 2.24) is 20.6 Å². The zero-order valence-corrected chi connectivity index (χ0v) is 24.2. The molecule has 4 rings (SSSR count). The lowest BCUT2D eigenvalue weighted by Gasteiger charge is -2.34. The highest BCUT2D eigenvalue weighted by atomic mass is 16.6. The van der Waals surface area contributed by atoms with E-state index in [1.54, 1.807) is 51.4 Å². The SMILES string of the molecule is CC(C)(C)OC(=O)[C@H](CNC(=O)c1ccc(N2CCC[C@H](Nc3ncccn3)C2)cc1)NC(=O)OCc1ccccc1. The molecule has 3 aromatic rings. The van der Waals surface area contributed by atoms with Crippen LogP contribution in [0.15, 0.2) is 73.1 Å². The van der Waals surface area contributed by atoms with E-state index in [-0.39, 0.29) is 25.1 Å². The summed E-state index contributed by atoms with van der Waals surface area (Å²) in [5.74, 6) is -0.446. The molecule has 1 aromatic heterocycles. The van der Waals surface area contributed by atoms with Crippen molar-refractivity contribution < 1.29 is 23.9 Å². The Morgan fingerprint density at radius 1 is 1.00 bits per heavy atom. The number of hydrogen-bond acceptors (Lipinski definition) is 9. The number of rotatable bonds is 10. The number of hydrogen-bond donors (Lipinski definition) is 3. The summed E-state index contributed by atoms with van der Waals surface area (Å²) < 4.78 is 10.7. The van der Waals surface area contributed by atoms with Crippen LogP contribution in [0.2, 0.25) is 0 Å². The van der Waals surface area contributed by atoms with Crippen LogP contribution >= 0.6 is 0 Å². The van der Waals surface area contributed by atoms with Gasteiger partial charge in [-0.2, -0.15) is 0 Å². The predicted octanol–water partition coefficient (Wildman–Crippen LogP) is 3.92. The summed E-state index contributed by atoms with van der Waals surface area (Å²) in [5, 5.41) is 8.63. The smallest absolute Gasteiger partial charge is 0.408 e. The Morgan fingerprint density at radius 2 is 1.71 bits per heavy atom. The molecule has 3 N–H and O–H groups in total. The van der Waals surface area contributed by atoms with Crippen molar-refractivity contribution in [2.45, 2.75) is 57.9 Å². The van der Waals surface area contributed by atoms with Gasteiger partial charge in [-0.25, -0.2) is 19.6 Å². The molecule has 2 amide bonds. The van der Waals surface area contributed by atoms with E-state index in [0.29, 0.717) is 11.5 Å². The maximum Gasteiger partial charge on any atom is 0.408 e. The molecule has 2 aromatic carbocycles. The predicted molar refractivity (Wildman–Crippen MR) is 159 cm³/mol. The standard InChI is InChI=1S/C31H38N6O5/c1-31(2,3)42-28(39)26(36-30(40)41-21-22-9-5-4-6-10-22)19-34-27(38)23-12-14-25(15-13-23)37-18-7-11-24(20-37)35-29-32-16-8-17-33-29/h4-6,8-10,12-17,24,26H,7,11,18-21H2,1-3H3,(H,34,38)(H,36,40)(H,32,33,35)/t24-,26-/m0/s1. The summed E-state index contributed by atoms with van der Waals surface area (Å²) in [4.78, 5) is 49.0. The number of nitrogens with one attached hydrogen (secondary N) is 3. The van der Waals surface area contributed by atoms with Crippen LogP contribution in [0.5, 0.6) is 0 Å². The highest BCUT2D eigenvalue weighted by molar-refractivity contribution is 5.95. The van der Waals surface area contributed by atoms with Crippen LogP contribution in [0.25, 0.3) is 0 Å². The molecule has 0 aliphatic carbocycles. The second kappa shape index (κ2) is 14.3. The largest absolute Gasteiger partial charge is 0.458 e. The number of carbonyl (C=O) groups is 3. The second-order valence-corrected chi connectivity index (χ2v) is 11.1. The van der Waals surface area contributed by atoms with Gasteiger partial charge >= 0.3 is 12.1 Å². The molecule has 11 heteroatoms. The van der Waals surface area contributed by atoms with E-state index in [1.165, 1.54) is 0 Å². The van der Waals surface area contributed by atoms with E-state index in [2.05, 4.69) is 30.8 Å². The zero-order chi connectivity index (χ0) is 30.0. The number of nitrogens with zero attached hydrogens (tertiary/aromatic N) is 3. The Labute approximate surface area is 246 Å². The molecule has 0 unspecified atom stereocenters. The van der Waals surface area contributed by atoms with Gasteiger partial charge in [-0.15, -0.1) is 0 Å². The molecular weight excluding hydrogens is 536 g/mol. The van der Waals surface area contributed by atoms with E-state index in [9.17, 15) is 14.4 Å². The molecule has 0 radical (unpaired) electrons. The Kier molecular flexibility index (Phi) is 10.3. The molecule has 1 aliphatic rings. The minimum Gasteiger partial charge on any atom is -0.458 e. The molecule has 42 heavy (non-hydrogen) atoms. The van der Waals surface area contributed by atoms with Crippen LogP contribution in [0.1, 0.15) is 49.5 Å². The fourth-order valence-corrected chi connectivity index (χ4v) is 4.48. The first-order valence-corrected chi connectivity index (χ1v) is 14.0. The van der Waals surface area contributed by atoms with Crippen molar-refractivity contribution in [3.8, 4) is 0 Å². The van der Waals surface area contributed by atoms with E-state index in [0.717, 1.165) is 37.2 Å². The van der Waals surface area contributed by atoms with Crippen LogP contribution in [0.3, 0.4) is 0 Å². The minimum atomic E-state index is -1.14. The third-order valence-electron chi connectivity index (χ3n) is 6.48. The van der Waals surface area contributed by atoms with Crippen molar-refractivity contribution in [3.63, 3.8) is 0 Å². The second-order valence-electron chi connectivity index (χ2n) is 11.1. The van der Waals surface area contributed by atoms with Gasteiger partial charge in [0, 0.05) is 49.3 Å². The van der Waals surface area contributed by atoms with Gasteiger partial charge in [-0.3, -0.25) is 4.79 Å². The fourth-order valence-electron chi connectivity index (χ4n) is 4.48. The van der Waals surface area contributed by atoms with Crippen molar-refractivity contribution in [3.05, 3.63) is 84.2 Å². The monoisotopic (exact) mass is 574 g/mol. The molecule has 1 saturated heterocycles. The molecule has 0 saturated carbocycles. The van der Waals surface area contributed by atoms with Gasteiger partial charge in [0.15, 0.2) is 0 Å². The number of piperidine rings is 1. The first-order chi connectivity index (χ1) is 20.2. The lowest BCUT2D eigenvalue weighted by atomic mass is 10.0. The van der Waals surface area contributed by atoms with Crippen LogP contribution in [-0.4, -0.2) is 65.3 Å². The van der Waals surface area contributed by atoms with Crippen LogP contribution < -0.4 is 20.9 Å². The van der Waals surface area contributed by atoms with Crippen molar-refractivity contribution in [2.24, 2.45) is 0 Å². The molecule has 2 atom stereocenters. The Bertz CT molecular complexity index is 1320. The van der Waals surface area contributed by atoms with Crippen LogP contribution in [0.4, 0.5) is 16.4 Å². The summed E-state index contributed by atoms with van der Waals surface area (Å²) in [6, 6.07) is 17.3. The molecular formula is C31H38N6O5. The van der Waals surface area contributed by atoms with Crippen molar-refractivity contribution in [1.29, 1.82) is 0 Å². The number of carbonyl (C=O) groups excluding carboxylic acids is 3. The molecule has 0 bridgehead atoms. The van der Waals surface area contributed by atoms with E-state index in [4.69, 9.17) is 9.47 Å². The van der Waals surface area contributed by atoms with Crippen molar-refractivity contribution >= 4 is 29.6 Å². The van der Waals surface area contributed by atoms with Gasteiger partial charge in [-0.1, -0.05) is 30.3 Å². The van der Waals surface area contributed by atoms with Gasteiger partial charge in [0.1, 0.15) is 18.2 Å². The molecule has 222 valence electrons. The topological polar surface area (TPSA) is 135 Å². The van der Waals surface area contributed by atoms with E-state index >= 15 is 0 Å². The third-order valence-corrected chi connectivity index (χ3v) is 6.48. The first kappa shape index (κ1) is 30.3. The molecule has 11 nitrogen and oxygen atoms in total. The fraction of sp³-hybridized carbons (Fsp3) is 0.387. The molecule has 0 spiro atoms. The summed E-state index contributed by atoms with van der Waals surface area (Å²) in [5.41, 5.74) is 1.46. The first-order valence-electron chi connectivity index (χ1n) is 14.0. The van der Waals surface area contributed by atoms with Gasteiger partial charge in [0.25, 0.3) is 5.91 Å². The highest BCUT2D eigenvalue weighted by Gasteiger charge is 2.28. The van der Waals surface area contributed by atoms with Gasteiger partial charge in [0.2, 0.25) is 5.95 Å². The number of anilines is 2. The average molecular weight is 575 g/mol. The van der Waals surface area contributed by atoms with Gasteiger partial charge in [-0.05, 0) is 69.5 Å². The lowest BCUT2D eigenvalue weighted by Crippen LogP contribution is -2.50. The number of amides is 2. The van der Waals surface area contributed by atoms with Gasteiger partial charge < -0.3 is 30.3 Å². The average Bonchev–Trinajstić information content (AvgIpc) is 2.98. The Morgan fingerprint density at radius 3 is 2.40 bits per heavy atom. The third kappa shape index (κ3) is 9.46. The Hall–Kier alpha value is -4.67. The van der Waals surface area contributed by atoms with E-state index < -0.39 is 23.7 Å². The van der Waals surface area contributed by atoms with Crippen molar-refractivity contribution in [2.75, 3.05) is 29.9 Å². The summed E-state index contributed by atoms with van der Waals surface area (Å²) in [6.45, 7) is 6.75. The van der Waals surface area contributed by atoms with Crippen LogP contribution in [0, 0.1) is 0 Å². The summed E-state index contributed by atoms with van der Waals surface area (Å²) in [7, 11) is 0. The summed E-state index contributed by atoms with van der Waals surface area (Å²) in [6.07, 6.45) is 4.66.